The maximum atomic E-state index is 9.08. The smallest absolute Gasteiger partial charge is 0.169 e. The highest BCUT2D eigenvalue weighted by Gasteiger charge is 2.39. The molecule has 2 aliphatic heterocycles. The van der Waals surface area contributed by atoms with Crippen LogP contribution in [0.15, 0.2) is 4.99 Å². The molecule has 0 aliphatic carbocycles. The average Bonchev–Trinajstić information content (AvgIpc) is 2.94. The fourth-order valence-corrected chi connectivity index (χ4v) is 1.21. The Morgan fingerprint density at radius 1 is 1.44 bits per heavy atom. The van der Waals surface area contributed by atoms with Gasteiger partial charge in [0.1, 0.15) is 37.6 Å². The number of aliphatic hydroxyl groups excluding tert-OH is 4. The SMILES string of the molecule is C1=NCCO1.OC[C@@H](O)[C@H]1O[CH][C@H](O)[C@H]1O. The van der Waals surface area contributed by atoms with E-state index in [1.807, 2.05) is 0 Å². The third-order valence-corrected chi connectivity index (χ3v) is 2.12. The molecule has 2 aliphatic rings. The van der Waals surface area contributed by atoms with E-state index in [9.17, 15) is 0 Å². The maximum Gasteiger partial charge on any atom is 0.169 e. The highest BCUT2D eigenvalue weighted by Crippen LogP contribution is 2.20. The van der Waals surface area contributed by atoms with E-state index >= 15 is 0 Å². The van der Waals surface area contributed by atoms with E-state index in [1.165, 1.54) is 6.40 Å². The van der Waals surface area contributed by atoms with Crippen molar-refractivity contribution < 1.29 is 29.9 Å². The molecule has 0 bridgehead atoms. The minimum atomic E-state index is -1.16. The zero-order chi connectivity index (χ0) is 12.0. The zero-order valence-corrected chi connectivity index (χ0v) is 8.64. The van der Waals surface area contributed by atoms with Crippen LogP contribution < -0.4 is 0 Å². The summed E-state index contributed by atoms with van der Waals surface area (Å²) in [6.07, 6.45) is -2.83. The zero-order valence-electron chi connectivity index (χ0n) is 8.64. The Bertz CT molecular complexity index is 218. The van der Waals surface area contributed by atoms with Crippen molar-refractivity contribution in [1.29, 1.82) is 0 Å². The van der Waals surface area contributed by atoms with Crippen LogP contribution in [0.25, 0.3) is 0 Å². The van der Waals surface area contributed by atoms with Crippen LogP contribution in [0.2, 0.25) is 0 Å². The van der Waals surface area contributed by atoms with Gasteiger partial charge in [-0.3, -0.25) is 4.99 Å². The normalized spacial score (nSPS) is 34.1. The lowest BCUT2D eigenvalue weighted by Crippen LogP contribution is -2.40. The Morgan fingerprint density at radius 2 is 2.19 bits per heavy atom. The van der Waals surface area contributed by atoms with E-state index in [1.54, 1.807) is 0 Å². The lowest BCUT2D eigenvalue weighted by atomic mass is 10.1. The Morgan fingerprint density at radius 3 is 2.50 bits per heavy atom. The van der Waals surface area contributed by atoms with E-state index in [0.717, 1.165) is 19.8 Å². The molecule has 0 aromatic rings. The van der Waals surface area contributed by atoms with Crippen molar-refractivity contribution >= 4 is 6.40 Å². The third-order valence-electron chi connectivity index (χ3n) is 2.12. The number of nitrogens with zero attached hydrogens (tertiary/aromatic N) is 1. The molecule has 2 rings (SSSR count). The highest BCUT2D eigenvalue weighted by atomic mass is 16.5. The van der Waals surface area contributed by atoms with Gasteiger partial charge in [-0.05, 0) is 0 Å². The van der Waals surface area contributed by atoms with E-state index in [2.05, 4.69) is 9.73 Å². The molecule has 1 fully saturated rings. The topological polar surface area (TPSA) is 112 Å². The molecule has 1 saturated heterocycles. The molecule has 0 spiro atoms. The summed E-state index contributed by atoms with van der Waals surface area (Å²) in [7, 11) is 0. The lowest BCUT2D eigenvalue weighted by Gasteiger charge is -2.18. The predicted octanol–water partition coefficient (Wildman–Crippen LogP) is -2.33. The maximum absolute atomic E-state index is 9.08. The first kappa shape index (κ1) is 13.3. The average molecular weight is 234 g/mol. The van der Waals surface area contributed by atoms with Gasteiger partial charge in [0.25, 0.3) is 0 Å². The van der Waals surface area contributed by atoms with Crippen LogP contribution in [-0.4, -0.2) is 71.0 Å². The number of hydrogen-bond donors (Lipinski definition) is 4. The summed E-state index contributed by atoms with van der Waals surface area (Å²) >= 11 is 0. The van der Waals surface area contributed by atoms with Crippen molar-refractivity contribution in [3.8, 4) is 0 Å². The summed E-state index contributed by atoms with van der Waals surface area (Å²) in [5.41, 5.74) is 0. The van der Waals surface area contributed by atoms with Crippen molar-refractivity contribution in [2.45, 2.75) is 24.4 Å². The summed E-state index contributed by atoms with van der Waals surface area (Å²) in [5.74, 6) is 0. The molecule has 93 valence electrons. The lowest BCUT2D eigenvalue weighted by molar-refractivity contribution is -0.0636. The Balaban J connectivity index is 0.000000212. The fraction of sp³-hybridized carbons (Fsp3) is 0.778. The molecule has 0 aromatic heterocycles. The fourth-order valence-electron chi connectivity index (χ4n) is 1.21. The van der Waals surface area contributed by atoms with Crippen molar-refractivity contribution in [2.24, 2.45) is 4.99 Å². The Hall–Kier alpha value is -0.730. The number of hydrogen-bond acceptors (Lipinski definition) is 7. The van der Waals surface area contributed by atoms with Gasteiger partial charge in [0.2, 0.25) is 0 Å². The van der Waals surface area contributed by atoms with Gasteiger partial charge in [-0.15, -0.1) is 0 Å². The van der Waals surface area contributed by atoms with Crippen LogP contribution in [0.4, 0.5) is 0 Å². The molecule has 0 saturated carbocycles. The highest BCUT2D eigenvalue weighted by molar-refractivity contribution is 5.47. The van der Waals surface area contributed by atoms with Crippen LogP contribution in [0, 0.1) is 6.61 Å². The van der Waals surface area contributed by atoms with Gasteiger partial charge < -0.3 is 29.9 Å². The minimum absolute atomic E-state index is 0.498. The van der Waals surface area contributed by atoms with Crippen LogP contribution >= 0.6 is 0 Å². The molecular formula is C9H16NO6. The third kappa shape index (κ3) is 3.69. The van der Waals surface area contributed by atoms with Gasteiger partial charge >= 0.3 is 0 Å². The van der Waals surface area contributed by atoms with E-state index in [4.69, 9.17) is 25.2 Å². The summed E-state index contributed by atoms with van der Waals surface area (Å²) < 4.78 is 9.35. The minimum Gasteiger partial charge on any atom is -0.482 e. The number of ether oxygens (including phenoxy) is 2. The molecule has 0 amide bonds. The first-order chi connectivity index (χ1) is 7.66. The number of aliphatic hydroxyl groups is 4. The van der Waals surface area contributed by atoms with Crippen LogP contribution in [-0.2, 0) is 9.47 Å². The number of rotatable bonds is 2. The largest absolute Gasteiger partial charge is 0.482 e. The molecule has 7 nitrogen and oxygen atoms in total. The van der Waals surface area contributed by atoms with E-state index < -0.39 is 31.0 Å². The van der Waals surface area contributed by atoms with Gasteiger partial charge in [0.15, 0.2) is 6.40 Å². The van der Waals surface area contributed by atoms with Gasteiger partial charge in [-0.1, -0.05) is 0 Å². The van der Waals surface area contributed by atoms with Gasteiger partial charge in [0, 0.05) is 0 Å². The monoisotopic (exact) mass is 234 g/mol. The molecule has 0 unspecified atom stereocenters. The second-order valence-corrected chi connectivity index (χ2v) is 3.35. The predicted molar refractivity (Wildman–Crippen MR) is 53.6 cm³/mol. The van der Waals surface area contributed by atoms with Crippen molar-refractivity contribution in [3.05, 3.63) is 6.61 Å². The van der Waals surface area contributed by atoms with E-state index in [0.29, 0.717) is 0 Å². The summed E-state index contributed by atoms with van der Waals surface area (Å²) in [4.78, 5) is 3.74. The Labute approximate surface area is 93.0 Å². The van der Waals surface area contributed by atoms with Crippen molar-refractivity contribution in [1.82, 2.24) is 0 Å². The number of aliphatic imine (C=N–C) groups is 1. The molecule has 16 heavy (non-hydrogen) atoms. The second-order valence-electron chi connectivity index (χ2n) is 3.35. The van der Waals surface area contributed by atoms with Crippen LogP contribution in [0.1, 0.15) is 0 Å². The van der Waals surface area contributed by atoms with Gasteiger partial charge in [-0.25, -0.2) is 0 Å². The summed E-state index contributed by atoms with van der Waals surface area (Å²) in [6, 6.07) is 0. The van der Waals surface area contributed by atoms with Gasteiger partial charge in [0.05, 0.1) is 13.2 Å². The van der Waals surface area contributed by atoms with Crippen LogP contribution in [0.3, 0.4) is 0 Å². The summed E-state index contributed by atoms with van der Waals surface area (Å²) in [5, 5.41) is 35.4. The molecule has 4 N–H and O–H groups in total. The standard InChI is InChI=1S/C6H11O5.C3H5NO/c7-1-3(8)6-5(10)4(9)2-11-6;1-2-5-3-4-1/h2-10H,1H2;3H,1-2H2/t3-,4+,5-,6-;/m1./s1. The molecule has 7 heteroatoms. The first-order valence-corrected chi connectivity index (χ1v) is 4.90. The second kappa shape index (κ2) is 6.77. The van der Waals surface area contributed by atoms with Crippen molar-refractivity contribution in [2.75, 3.05) is 19.8 Å². The van der Waals surface area contributed by atoms with Crippen molar-refractivity contribution in [3.63, 3.8) is 0 Å². The van der Waals surface area contributed by atoms with E-state index in [-0.39, 0.29) is 0 Å². The molecule has 2 heterocycles. The summed E-state index contributed by atoms with van der Waals surface area (Å²) in [6.45, 7) is 2.16. The molecule has 1 radical (unpaired) electrons. The molecule has 4 atom stereocenters. The quantitative estimate of drug-likeness (QED) is 0.426. The first-order valence-electron chi connectivity index (χ1n) is 4.90. The van der Waals surface area contributed by atoms with Crippen LogP contribution in [0.5, 0.6) is 0 Å². The van der Waals surface area contributed by atoms with Gasteiger partial charge in [-0.2, -0.15) is 0 Å². The molecular weight excluding hydrogens is 218 g/mol. The Kier molecular flexibility index (Phi) is 5.64. The molecule has 0 aromatic carbocycles.